The maximum Gasteiger partial charge on any atom is 0.271 e. The Hall–Kier alpha value is -3.24. The van der Waals surface area contributed by atoms with Gasteiger partial charge < -0.3 is 24.7 Å². The number of hydrogen-bond acceptors (Lipinski definition) is 8. The molecule has 2 aromatic heterocycles. The Bertz CT molecular complexity index is 1540. The summed E-state index contributed by atoms with van der Waals surface area (Å²) in [6.45, 7) is 7.17. The number of pyridine rings is 2. The number of rotatable bonds is 8. The van der Waals surface area contributed by atoms with Crippen LogP contribution in [0.25, 0.3) is 0 Å². The fraction of sp³-hybridized carbons (Fsp3) is 0.290. The highest BCUT2D eigenvalue weighted by molar-refractivity contribution is 8.05. The third-order valence-electron chi connectivity index (χ3n) is 7.06. The summed E-state index contributed by atoms with van der Waals surface area (Å²) in [5.41, 5.74) is 4.94. The Balaban J connectivity index is 1.22. The van der Waals surface area contributed by atoms with E-state index in [1.807, 2.05) is 32.2 Å². The smallest absolute Gasteiger partial charge is 0.271 e. The zero-order valence-electron chi connectivity index (χ0n) is 22.6. The van der Waals surface area contributed by atoms with E-state index in [1.54, 1.807) is 29.7 Å². The van der Waals surface area contributed by atoms with Crippen LogP contribution in [-0.2, 0) is 9.47 Å². The molecule has 0 spiro atoms. The summed E-state index contributed by atoms with van der Waals surface area (Å²) in [5, 5.41) is 3.65. The van der Waals surface area contributed by atoms with Gasteiger partial charge in [0, 0.05) is 57.4 Å². The van der Waals surface area contributed by atoms with Crippen LogP contribution in [0.3, 0.4) is 0 Å². The number of ether oxygens (including phenoxy) is 2. The van der Waals surface area contributed by atoms with Gasteiger partial charge in [-0.3, -0.25) is 9.78 Å². The van der Waals surface area contributed by atoms with Crippen molar-refractivity contribution in [3.05, 3.63) is 100 Å². The van der Waals surface area contributed by atoms with Gasteiger partial charge in [0.1, 0.15) is 11.8 Å². The van der Waals surface area contributed by atoms with Crippen LogP contribution < -0.4 is 15.8 Å². The molecule has 0 aliphatic carbocycles. The molecule has 4 aromatic rings. The molecule has 2 aromatic carbocycles. The molecule has 1 fully saturated rings. The largest absolute Gasteiger partial charge is 0.379 e. The molecule has 2 N–H and O–H groups in total. The Morgan fingerprint density at radius 2 is 2.05 bits per heavy atom. The van der Waals surface area contributed by atoms with Gasteiger partial charge in [-0.25, -0.2) is 0 Å². The zero-order valence-corrected chi connectivity index (χ0v) is 24.2. The first kappa shape index (κ1) is 27.0. The van der Waals surface area contributed by atoms with Gasteiger partial charge in [0.15, 0.2) is 0 Å². The SMILES string of the molecule is CCOCC(Nc1ccc2c(c1)Sc1cccc(C3CN(c4ccc[nH]c4=O)CCO3)c1S2)c1ccc(C)cn1. The molecule has 206 valence electrons. The molecule has 0 saturated carbocycles. The number of aromatic amines is 1. The first-order valence-corrected chi connectivity index (χ1v) is 15.2. The quantitative estimate of drug-likeness (QED) is 0.219. The first-order chi connectivity index (χ1) is 19.6. The van der Waals surface area contributed by atoms with Gasteiger partial charge in [-0.15, -0.1) is 0 Å². The van der Waals surface area contributed by atoms with E-state index < -0.39 is 0 Å². The van der Waals surface area contributed by atoms with E-state index in [1.165, 1.54) is 25.1 Å². The number of anilines is 2. The van der Waals surface area contributed by atoms with Crippen molar-refractivity contribution in [2.45, 2.75) is 45.6 Å². The second kappa shape index (κ2) is 12.1. The van der Waals surface area contributed by atoms with Gasteiger partial charge in [0.2, 0.25) is 0 Å². The number of nitrogens with one attached hydrogen (secondary N) is 2. The molecule has 0 radical (unpaired) electrons. The fourth-order valence-electron chi connectivity index (χ4n) is 5.01. The van der Waals surface area contributed by atoms with E-state index in [0.29, 0.717) is 38.6 Å². The summed E-state index contributed by atoms with van der Waals surface area (Å²) < 4.78 is 12.0. The van der Waals surface area contributed by atoms with Gasteiger partial charge in [-0.05, 0) is 67.4 Å². The summed E-state index contributed by atoms with van der Waals surface area (Å²) >= 11 is 3.58. The molecule has 2 aliphatic rings. The lowest BCUT2D eigenvalue weighted by Crippen LogP contribution is -2.41. The summed E-state index contributed by atoms with van der Waals surface area (Å²) in [6.07, 6.45) is 3.46. The van der Waals surface area contributed by atoms with E-state index in [0.717, 1.165) is 16.9 Å². The van der Waals surface area contributed by atoms with Gasteiger partial charge >= 0.3 is 0 Å². The average molecular weight is 573 g/mol. The third-order valence-corrected chi connectivity index (χ3v) is 9.67. The van der Waals surface area contributed by atoms with Crippen molar-refractivity contribution in [3.8, 4) is 0 Å². The average Bonchev–Trinajstić information content (AvgIpc) is 2.98. The van der Waals surface area contributed by atoms with Crippen molar-refractivity contribution in [1.29, 1.82) is 0 Å². The zero-order chi connectivity index (χ0) is 27.5. The van der Waals surface area contributed by atoms with Crippen LogP contribution in [0.5, 0.6) is 0 Å². The maximum atomic E-state index is 12.4. The van der Waals surface area contributed by atoms with Crippen molar-refractivity contribution >= 4 is 34.9 Å². The van der Waals surface area contributed by atoms with Crippen molar-refractivity contribution in [2.24, 2.45) is 0 Å². The maximum absolute atomic E-state index is 12.4. The van der Waals surface area contributed by atoms with Crippen molar-refractivity contribution in [1.82, 2.24) is 9.97 Å². The van der Waals surface area contributed by atoms with Crippen LogP contribution in [0.4, 0.5) is 11.4 Å². The topological polar surface area (TPSA) is 79.5 Å². The Kier molecular flexibility index (Phi) is 8.15. The van der Waals surface area contributed by atoms with E-state index in [9.17, 15) is 4.79 Å². The van der Waals surface area contributed by atoms with Crippen molar-refractivity contribution in [2.75, 3.05) is 43.1 Å². The predicted molar refractivity (Wildman–Crippen MR) is 161 cm³/mol. The minimum Gasteiger partial charge on any atom is -0.379 e. The van der Waals surface area contributed by atoms with Crippen LogP contribution in [0, 0.1) is 6.92 Å². The third kappa shape index (κ3) is 5.78. The molecule has 9 heteroatoms. The van der Waals surface area contributed by atoms with E-state index >= 15 is 0 Å². The number of aromatic nitrogens is 2. The second-order valence-electron chi connectivity index (χ2n) is 9.85. The van der Waals surface area contributed by atoms with Crippen LogP contribution in [0.1, 0.15) is 35.9 Å². The van der Waals surface area contributed by atoms with Gasteiger partial charge in [0.05, 0.1) is 24.9 Å². The summed E-state index contributed by atoms with van der Waals surface area (Å²) in [7, 11) is 0. The highest BCUT2D eigenvalue weighted by Crippen LogP contribution is 2.52. The van der Waals surface area contributed by atoms with Crippen molar-refractivity contribution in [3.63, 3.8) is 0 Å². The van der Waals surface area contributed by atoms with Crippen LogP contribution in [0.15, 0.2) is 97.4 Å². The molecular weight excluding hydrogens is 541 g/mol. The number of H-pyrrole nitrogens is 1. The van der Waals surface area contributed by atoms with Gasteiger partial charge in [0.25, 0.3) is 5.56 Å². The molecule has 1 saturated heterocycles. The number of nitrogens with zero attached hydrogens (tertiary/aromatic N) is 2. The first-order valence-electron chi connectivity index (χ1n) is 13.5. The Labute approximate surface area is 242 Å². The summed E-state index contributed by atoms with van der Waals surface area (Å²) in [6, 6.07) is 20.8. The number of morpholine rings is 1. The highest BCUT2D eigenvalue weighted by Gasteiger charge is 2.29. The molecule has 6 rings (SSSR count). The Morgan fingerprint density at radius 3 is 2.88 bits per heavy atom. The molecular formula is C31H32N4O3S2. The second-order valence-corrected chi connectivity index (χ2v) is 12.0. The normalized spacial score (nSPS) is 17.1. The lowest BCUT2D eigenvalue weighted by Gasteiger charge is -2.35. The van der Waals surface area contributed by atoms with Crippen molar-refractivity contribution < 1.29 is 9.47 Å². The standard InChI is InChI=1S/C31H32N4O3S2/c1-3-37-19-24(23-11-9-20(2)17-33-23)34-21-10-12-27-29(16-21)39-28-8-4-6-22(30(28)40-27)26-18-35(14-15-38-26)25-7-5-13-32-31(25)36/h4-13,16-17,24,26,34H,3,14-15,18-19H2,1-2H3,(H,32,36). The minimum atomic E-state index is -0.111. The number of fused-ring (bicyclic) bond motifs is 2. The van der Waals surface area contributed by atoms with Gasteiger partial charge in [-0.2, -0.15) is 0 Å². The molecule has 2 aliphatic heterocycles. The van der Waals surface area contributed by atoms with E-state index in [2.05, 4.69) is 68.7 Å². The van der Waals surface area contributed by atoms with Crippen LogP contribution >= 0.6 is 23.5 Å². The minimum absolute atomic E-state index is 0.0398. The number of hydrogen-bond donors (Lipinski definition) is 2. The molecule has 2 unspecified atom stereocenters. The lowest BCUT2D eigenvalue weighted by molar-refractivity contribution is 0.0378. The number of aryl methyl sites for hydroxylation is 1. The lowest BCUT2D eigenvalue weighted by atomic mass is 10.1. The number of benzene rings is 2. The fourth-order valence-corrected chi connectivity index (χ4v) is 7.46. The Morgan fingerprint density at radius 1 is 1.12 bits per heavy atom. The molecule has 0 amide bonds. The van der Waals surface area contributed by atoms with Crippen LogP contribution in [-0.4, -0.2) is 42.9 Å². The summed E-state index contributed by atoms with van der Waals surface area (Å²) in [4.78, 5) is 26.9. The molecule has 2 atom stereocenters. The molecule has 0 bridgehead atoms. The summed E-state index contributed by atoms with van der Waals surface area (Å²) in [5.74, 6) is 0. The monoisotopic (exact) mass is 572 g/mol. The van der Waals surface area contributed by atoms with E-state index in [-0.39, 0.29) is 17.7 Å². The van der Waals surface area contributed by atoms with Crippen LogP contribution in [0.2, 0.25) is 0 Å². The molecule has 40 heavy (non-hydrogen) atoms. The molecule has 4 heterocycles. The predicted octanol–water partition coefficient (Wildman–Crippen LogP) is 6.46. The molecule has 7 nitrogen and oxygen atoms in total. The highest BCUT2D eigenvalue weighted by atomic mass is 32.2. The van der Waals surface area contributed by atoms with Gasteiger partial charge in [-0.1, -0.05) is 41.7 Å². The van der Waals surface area contributed by atoms with E-state index in [4.69, 9.17) is 9.47 Å².